The van der Waals surface area contributed by atoms with Crippen LogP contribution in [0.5, 0.6) is 0 Å². The summed E-state index contributed by atoms with van der Waals surface area (Å²) in [6.07, 6.45) is 3.76. The largest absolute Gasteiger partial charge is 0.373 e. The molecule has 0 unspecified atom stereocenters. The molecule has 2 atom stereocenters. The van der Waals surface area contributed by atoms with E-state index in [0.29, 0.717) is 12.2 Å². The number of H-pyrrole nitrogens is 1. The van der Waals surface area contributed by atoms with Gasteiger partial charge in [0.25, 0.3) is 0 Å². The minimum atomic E-state index is 0.348. The van der Waals surface area contributed by atoms with Crippen molar-refractivity contribution in [1.82, 2.24) is 20.4 Å². The van der Waals surface area contributed by atoms with Crippen molar-refractivity contribution in [3.8, 4) is 11.3 Å². The molecular formula is C19H28N4O. The Morgan fingerprint density at radius 3 is 2.71 bits per heavy atom. The van der Waals surface area contributed by atoms with E-state index in [9.17, 15) is 0 Å². The van der Waals surface area contributed by atoms with Gasteiger partial charge in [0.2, 0.25) is 0 Å². The fraction of sp³-hybridized carbons (Fsp3) is 0.526. The Balaban J connectivity index is 1.41. The van der Waals surface area contributed by atoms with Gasteiger partial charge in [-0.25, -0.2) is 0 Å². The number of benzene rings is 1. The first-order valence-electron chi connectivity index (χ1n) is 8.88. The quantitative estimate of drug-likeness (QED) is 0.767. The lowest BCUT2D eigenvalue weighted by Crippen LogP contribution is -2.46. The Morgan fingerprint density at radius 1 is 1.21 bits per heavy atom. The molecule has 1 aliphatic rings. The zero-order valence-corrected chi connectivity index (χ0v) is 14.7. The summed E-state index contributed by atoms with van der Waals surface area (Å²) in [6, 6.07) is 10.4. The van der Waals surface area contributed by atoms with Crippen molar-refractivity contribution in [3.63, 3.8) is 0 Å². The summed E-state index contributed by atoms with van der Waals surface area (Å²) in [5, 5.41) is 10.9. The van der Waals surface area contributed by atoms with E-state index in [1.807, 2.05) is 12.3 Å². The van der Waals surface area contributed by atoms with E-state index in [4.69, 9.17) is 4.74 Å². The number of rotatable bonds is 7. The van der Waals surface area contributed by atoms with Crippen molar-refractivity contribution in [2.24, 2.45) is 0 Å². The summed E-state index contributed by atoms with van der Waals surface area (Å²) in [7, 11) is 0. The van der Waals surface area contributed by atoms with Gasteiger partial charge in [-0.15, -0.1) is 0 Å². The van der Waals surface area contributed by atoms with Crippen LogP contribution in [0, 0.1) is 0 Å². The molecule has 2 heterocycles. The number of ether oxygens (including phenoxy) is 1. The van der Waals surface area contributed by atoms with Gasteiger partial charge in [-0.05, 0) is 38.9 Å². The summed E-state index contributed by atoms with van der Waals surface area (Å²) in [4.78, 5) is 2.51. The lowest BCUT2D eigenvalue weighted by Gasteiger charge is -2.35. The van der Waals surface area contributed by atoms with E-state index < -0.39 is 0 Å². The summed E-state index contributed by atoms with van der Waals surface area (Å²) >= 11 is 0. The minimum absolute atomic E-state index is 0.348. The fourth-order valence-corrected chi connectivity index (χ4v) is 3.42. The van der Waals surface area contributed by atoms with Gasteiger partial charge >= 0.3 is 0 Å². The maximum Gasteiger partial charge on any atom is 0.0695 e. The summed E-state index contributed by atoms with van der Waals surface area (Å²) in [5.41, 5.74) is 3.51. The highest BCUT2D eigenvalue weighted by molar-refractivity contribution is 5.62. The van der Waals surface area contributed by atoms with Gasteiger partial charge in [-0.3, -0.25) is 10.00 Å². The number of nitrogens with one attached hydrogen (secondary N) is 2. The van der Waals surface area contributed by atoms with E-state index >= 15 is 0 Å². The maximum absolute atomic E-state index is 5.78. The van der Waals surface area contributed by atoms with E-state index in [1.54, 1.807) is 0 Å². The van der Waals surface area contributed by atoms with Crippen LogP contribution in [0.15, 0.2) is 36.5 Å². The fourth-order valence-electron chi connectivity index (χ4n) is 3.42. The molecule has 1 fully saturated rings. The van der Waals surface area contributed by atoms with Gasteiger partial charge in [-0.2, -0.15) is 5.10 Å². The monoisotopic (exact) mass is 328 g/mol. The van der Waals surface area contributed by atoms with Crippen molar-refractivity contribution in [2.75, 3.05) is 26.2 Å². The number of aromatic amines is 1. The summed E-state index contributed by atoms with van der Waals surface area (Å²) in [5.74, 6) is 0. The van der Waals surface area contributed by atoms with Crippen molar-refractivity contribution in [2.45, 2.75) is 39.0 Å². The van der Waals surface area contributed by atoms with Crippen molar-refractivity contribution in [3.05, 3.63) is 42.1 Å². The van der Waals surface area contributed by atoms with Crippen molar-refractivity contribution < 1.29 is 4.74 Å². The van der Waals surface area contributed by atoms with Gasteiger partial charge in [0.15, 0.2) is 0 Å². The number of nitrogens with zero attached hydrogens (tertiary/aromatic N) is 2. The zero-order valence-electron chi connectivity index (χ0n) is 14.7. The van der Waals surface area contributed by atoms with Gasteiger partial charge < -0.3 is 10.1 Å². The zero-order chi connectivity index (χ0) is 16.8. The molecule has 5 heteroatoms. The predicted octanol–water partition coefficient (Wildman–Crippen LogP) is 2.67. The molecule has 1 saturated heterocycles. The van der Waals surface area contributed by atoms with Crippen LogP contribution < -0.4 is 5.32 Å². The van der Waals surface area contributed by atoms with E-state index in [1.165, 1.54) is 11.1 Å². The molecule has 2 N–H and O–H groups in total. The van der Waals surface area contributed by atoms with E-state index in [-0.39, 0.29) is 0 Å². The lowest BCUT2D eigenvalue weighted by molar-refractivity contribution is -0.0680. The third-order valence-corrected chi connectivity index (χ3v) is 4.42. The van der Waals surface area contributed by atoms with Crippen LogP contribution in [0.1, 0.15) is 25.8 Å². The highest BCUT2D eigenvalue weighted by atomic mass is 16.5. The molecule has 1 aromatic heterocycles. The van der Waals surface area contributed by atoms with Gasteiger partial charge in [0.05, 0.1) is 24.1 Å². The van der Waals surface area contributed by atoms with Crippen LogP contribution in [0.2, 0.25) is 0 Å². The molecule has 0 spiro atoms. The molecule has 130 valence electrons. The molecular weight excluding hydrogens is 300 g/mol. The van der Waals surface area contributed by atoms with E-state index in [0.717, 1.165) is 44.8 Å². The highest BCUT2D eigenvalue weighted by Gasteiger charge is 2.21. The first-order valence-corrected chi connectivity index (χ1v) is 8.88. The summed E-state index contributed by atoms with van der Waals surface area (Å²) < 4.78 is 5.78. The van der Waals surface area contributed by atoms with Crippen LogP contribution in [-0.2, 0) is 11.3 Å². The molecule has 1 aliphatic heterocycles. The average molecular weight is 328 g/mol. The predicted molar refractivity (Wildman–Crippen MR) is 96.8 cm³/mol. The van der Waals surface area contributed by atoms with Crippen molar-refractivity contribution >= 4 is 0 Å². The lowest BCUT2D eigenvalue weighted by atomic mass is 10.1. The number of hydrogen-bond acceptors (Lipinski definition) is 4. The van der Waals surface area contributed by atoms with Crippen LogP contribution in [-0.4, -0.2) is 53.5 Å². The van der Waals surface area contributed by atoms with Gasteiger partial charge in [0.1, 0.15) is 0 Å². The third-order valence-electron chi connectivity index (χ3n) is 4.42. The number of hydrogen-bond donors (Lipinski definition) is 2. The van der Waals surface area contributed by atoms with E-state index in [2.05, 4.69) is 58.5 Å². The summed E-state index contributed by atoms with van der Waals surface area (Å²) in [6.45, 7) is 9.39. The maximum atomic E-state index is 5.78. The van der Waals surface area contributed by atoms with Crippen LogP contribution in [0.3, 0.4) is 0 Å². The molecule has 24 heavy (non-hydrogen) atoms. The molecule has 0 saturated carbocycles. The topological polar surface area (TPSA) is 53.2 Å². The number of morpholine rings is 1. The second kappa shape index (κ2) is 8.42. The molecule has 1 aromatic carbocycles. The second-order valence-corrected chi connectivity index (χ2v) is 6.68. The van der Waals surface area contributed by atoms with Crippen LogP contribution in [0.4, 0.5) is 0 Å². The Bertz CT molecular complexity index is 603. The highest BCUT2D eigenvalue weighted by Crippen LogP contribution is 2.20. The molecule has 0 aliphatic carbocycles. The Hall–Kier alpha value is -1.69. The average Bonchev–Trinajstić information content (AvgIpc) is 3.03. The molecule has 5 nitrogen and oxygen atoms in total. The van der Waals surface area contributed by atoms with Gasteiger partial charge in [-0.1, -0.05) is 30.3 Å². The Kier molecular flexibility index (Phi) is 6.01. The van der Waals surface area contributed by atoms with Crippen LogP contribution >= 0.6 is 0 Å². The molecule has 3 rings (SSSR count). The molecule has 0 amide bonds. The SMILES string of the molecule is C[C@H]1CN(CCCNCc2cn[nH]c2-c2ccccc2)C[C@H](C)O1. The van der Waals surface area contributed by atoms with Crippen LogP contribution in [0.25, 0.3) is 11.3 Å². The third kappa shape index (κ3) is 4.66. The van der Waals surface area contributed by atoms with Gasteiger partial charge in [0, 0.05) is 25.2 Å². The smallest absolute Gasteiger partial charge is 0.0695 e. The normalized spacial score (nSPS) is 21.9. The first kappa shape index (κ1) is 17.1. The molecule has 2 aromatic rings. The molecule has 0 radical (unpaired) electrons. The van der Waals surface area contributed by atoms with Crippen molar-refractivity contribution in [1.29, 1.82) is 0 Å². The second-order valence-electron chi connectivity index (χ2n) is 6.68. The molecule has 0 bridgehead atoms. The standard InChI is InChI=1S/C19H28N4O/c1-15-13-23(14-16(2)24-15)10-6-9-20-11-18-12-21-22-19(18)17-7-4-3-5-8-17/h3-5,7-8,12,15-16,20H,6,9-11,13-14H2,1-2H3,(H,21,22)/t15-,16-/m0/s1. The minimum Gasteiger partial charge on any atom is -0.373 e. The number of aromatic nitrogens is 2. The Labute approximate surface area is 144 Å². The Morgan fingerprint density at radius 2 is 1.96 bits per heavy atom. The first-order chi connectivity index (χ1) is 11.7.